The molecule has 0 aliphatic rings. The van der Waals surface area contributed by atoms with Crippen LogP contribution in [0.3, 0.4) is 0 Å². The van der Waals surface area contributed by atoms with E-state index >= 15 is 0 Å². The summed E-state index contributed by atoms with van der Waals surface area (Å²) >= 11 is 12.0. The van der Waals surface area contributed by atoms with Gasteiger partial charge in [-0.25, -0.2) is 4.68 Å². The average Bonchev–Trinajstić information content (AvgIpc) is 2.86. The number of carbonyl (C=O) groups is 1. The number of hydrogen-bond acceptors (Lipinski definition) is 4. The van der Waals surface area contributed by atoms with Crippen LogP contribution in [0.15, 0.2) is 42.6 Å². The summed E-state index contributed by atoms with van der Waals surface area (Å²) in [5, 5.41) is 5.39. The Hall–Kier alpha value is -2.57. The molecule has 0 saturated heterocycles. The molecule has 0 radical (unpaired) electrons. The van der Waals surface area contributed by atoms with Crippen LogP contribution in [-0.4, -0.2) is 20.7 Å². The second kappa shape index (κ2) is 6.51. The van der Waals surface area contributed by atoms with E-state index in [4.69, 9.17) is 34.7 Å². The molecule has 0 aliphatic carbocycles. The maximum absolute atomic E-state index is 11.8. The van der Waals surface area contributed by atoms with Crippen molar-refractivity contribution < 1.29 is 4.79 Å². The second-order valence-corrected chi connectivity index (χ2v) is 5.92. The fraction of sp³-hybridized carbons (Fsp3) is 0.0625. The summed E-state index contributed by atoms with van der Waals surface area (Å²) in [5.74, 6) is -0.519. The second-order valence-electron chi connectivity index (χ2n) is 5.08. The minimum absolute atomic E-state index is 0.138. The van der Waals surface area contributed by atoms with E-state index < -0.39 is 5.91 Å². The van der Waals surface area contributed by atoms with E-state index in [1.807, 2.05) is 0 Å². The van der Waals surface area contributed by atoms with Crippen molar-refractivity contribution in [3.63, 3.8) is 0 Å². The van der Waals surface area contributed by atoms with Crippen LogP contribution < -0.4 is 11.5 Å². The molecule has 0 saturated carbocycles. The van der Waals surface area contributed by atoms with Crippen LogP contribution in [0.5, 0.6) is 0 Å². The largest absolute Gasteiger partial charge is 0.383 e. The summed E-state index contributed by atoms with van der Waals surface area (Å²) in [4.78, 5) is 16.0. The van der Waals surface area contributed by atoms with Crippen LogP contribution in [-0.2, 0) is 6.42 Å². The topological polar surface area (TPSA) is 99.8 Å². The Morgan fingerprint density at radius 2 is 1.92 bits per heavy atom. The predicted molar refractivity (Wildman–Crippen MR) is 93.6 cm³/mol. The lowest BCUT2D eigenvalue weighted by molar-refractivity contribution is 0.100. The molecule has 0 spiro atoms. The zero-order valence-electron chi connectivity index (χ0n) is 12.4. The first-order valence-corrected chi connectivity index (χ1v) is 7.75. The highest BCUT2D eigenvalue weighted by molar-refractivity contribution is 6.32. The van der Waals surface area contributed by atoms with Crippen molar-refractivity contribution in [2.75, 3.05) is 5.73 Å². The molecular weight excluding hydrogens is 349 g/mol. The standard InChI is InChI=1S/C16H13Cl2N5O/c17-9-5-6-10(21-8-9)7-12-14(16(20)24)15(19)23(22-12)13-4-2-1-3-11(13)18/h1-6,8H,7,19H2,(H2,20,24). The van der Waals surface area contributed by atoms with Crippen molar-refractivity contribution in [1.82, 2.24) is 14.8 Å². The summed E-state index contributed by atoms with van der Waals surface area (Å²) in [6.45, 7) is 0. The first-order chi connectivity index (χ1) is 11.5. The molecule has 0 unspecified atom stereocenters. The molecule has 8 heteroatoms. The molecule has 2 heterocycles. The molecule has 122 valence electrons. The molecule has 6 nitrogen and oxygen atoms in total. The number of primary amides is 1. The molecule has 2 aromatic heterocycles. The monoisotopic (exact) mass is 361 g/mol. The maximum Gasteiger partial charge on any atom is 0.254 e. The van der Waals surface area contributed by atoms with Gasteiger partial charge in [-0.1, -0.05) is 35.3 Å². The summed E-state index contributed by atoms with van der Waals surface area (Å²) in [5.41, 5.74) is 13.4. The SMILES string of the molecule is NC(=O)c1c(Cc2ccc(Cl)cn2)nn(-c2ccccc2Cl)c1N. The summed E-state index contributed by atoms with van der Waals surface area (Å²) < 4.78 is 1.41. The third-order valence-electron chi connectivity index (χ3n) is 3.46. The number of benzene rings is 1. The van der Waals surface area contributed by atoms with E-state index in [-0.39, 0.29) is 17.8 Å². The predicted octanol–water partition coefficient (Wildman–Crippen LogP) is 2.85. The highest BCUT2D eigenvalue weighted by Crippen LogP contribution is 2.27. The summed E-state index contributed by atoms with van der Waals surface area (Å²) in [7, 11) is 0. The Morgan fingerprint density at radius 3 is 2.54 bits per heavy atom. The molecule has 4 N–H and O–H groups in total. The average molecular weight is 362 g/mol. The number of anilines is 1. The van der Waals surface area contributed by atoms with Gasteiger partial charge in [0.25, 0.3) is 5.91 Å². The molecule has 0 fully saturated rings. The zero-order chi connectivity index (χ0) is 17.3. The van der Waals surface area contributed by atoms with Crippen LogP contribution in [0.1, 0.15) is 21.7 Å². The lowest BCUT2D eigenvalue weighted by atomic mass is 10.1. The lowest BCUT2D eigenvalue weighted by Crippen LogP contribution is -2.15. The van der Waals surface area contributed by atoms with Gasteiger partial charge >= 0.3 is 0 Å². The molecule has 0 bridgehead atoms. The number of nitrogens with two attached hydrogens (primary N) is 2. The Bertz CT molecular complexity index is 905. The van der Waals surface area contributed by atoms with E-state index in [2.05, 4.69) is 10.1 Å². The Kier molecular flexibility index (Phi) is 4.42. The van der Waals surface area contributed by atoms with E-state index in [9.17, 15) is 4.79 Å². The fourth-order valence-electron chi connectivity index (χ4n) is 2.36. The third kappa shape index (κ3) is 3.06. The molecule has 24 heavy (non-hydrogen) atoms. The smallest absolute Gasteiger partial charge is 0.254 e. The molecule has 1 amide bonds. The number of hydrogen-bond donors (Lipinski definition) is 2. The number of para-hydroxylation sites is 1. The van der Waals surface area contributed by atoms with Crippen LogP contribution in [0.25, 0.3) is 5.69 Å². The van der Waals surface area contributed by atoms with Crippen LogP contribution >= 0.6 is 23.2 Å². The van der Waals surface area contributed by atoms with Crippen LogP contribution in [0.2, 0.25) is 10.0 Å². The summed E-state index contributed by atoms with van der Waals surface area (Å²) in [6, 6.07) is 10.5. The highest BCUT2D eigenvalue weighted by Gasteiger charge is 2.22. The first kappa shape index (κ1) is 16.3. The number of halogens is 2. The Balaban J connectivity index is 2.09. The van der Waals surface area contributed by atoms with E-state index in [0.717, 1.165) is 0 Å². The minimum Gasteiger partial charge on any atom is -0.383 e. The number of pyridine rings is 1. The molecule has 3 rings (SSSR count). The van der Waals surface area contributed by atoms with Crippen LogP contribution in [0, 0.1) is 0 Å². The summed E-state index contributed by atoms with van der Waals surface area (Å²) in [6.07, 6.45) is 1.81. The van der Waals surface area contributed by atoms with Crippen molar-refractivity contribution in [2.45, 2.75) is 6.42 Å². The van der Waals surface area contributed by atoms with Gasteiger partial charge in [-0.05, 0) is 24.3 Å². The number of amides is 1. The number of rotatable bonds is 4. The van der Waals surface area contributed by atoms with Gasteiger partial charge in [0.05, 0.1) is 21.4 Å². The maximum atomic E-state index is 11.8. The molecular formula is C16H13Cl2N5O. The van der Waals surface area contributed by atoms with Gasteiger partial charge in [0.2, 0.25) is 0 Å². The van der Waals surface area contributed by atoms with Gasteiger partial charge in [-0.3, -0.25) is 9.78 Å². The van der Waals surface area contributed by atoms with Crippen molar-refractivity contribution in [2.24, 2.45) is 5.73 Å². The number of carbonyl (C=O) groups excluding carboxylic acids is 1. The van der Waals surface area contributed by atoms with Crippen LogP contribution in [0.4, 0.5) is 5.82 Å². The Labute approximate surface area is 148 Å². The van der Waals surface area contributed by atoms with E-state index in [0.29, 0.717) is 27.1 Å². The lowest BCUT2D eigenvalue weighted by Gasteiger charge is -2.05. The van der Waals surface area contributed by atoms with Crippen molar-refractivity contribution in [1.29, 1.82) is 0 Å². The number of nitrogen functional groups attached to an aromatic ring is 1. The number of aromatic nitrogens is 3. The molecule has 1 aromatic carbocycles. The van der Waals surface area contributed by atoms with Gasteiger partial charge < -0.3 is 11.5 Å². The van der Waals surface area contributed by atoms with E-state index in [1.165, 1.54) is 10.9 Å². The molecule has 0 aliphatic heterocycles. The number of nitrogens with zero attached hydrogens (tertiary/aromatic N) is 3. The normalized spacial score (nSPS) is 10.8. The molecule has 3 aromatic rings. The van der Waals surface area contributed by atoms with Gasteiger partial charge in [-0.2, -0.15) is 5.10 Å². The first-order valence-electron chi connectivity index (χ1n) is 7.00. The van der Waals surface area contributed by atoms with Gasteiger partial charge in [-0.15, -0.1) is 0 Å². The van der Waals surface area contributed by atoms with Crippen molar-refractivity contribution in [3.05, 3.63) is 69.6 Å². The molecule has 0 atom stereocenters. The van der Waals surface area contributed by atoms with Gasteiger partial charge in [0.15, 0.2) is 0 Å². The minimum atomic E-state index is -0.658. The zero-order valence-corrected chi connectivity index (χ0v) is 13.9. The highest BCUT2D eigenvalue weighted by atomic mass is 35.5. The Morgan fingerprint density at radius 1 is 1.17 bits per heavy atom. The van der Waals surface area contributed by atoms with Crippen molar-refractivity contribution >= 4 is 34.9 Å². The van der Waals surface area contributed by atoms with Crippen molar-refractivity contribution in [3.8, 4) is 5.69 Å². The third-order valence-corrected chi connectivity index (χ3v) is 4.00. The fourth-order valence-corrected chi connectivity index (χ4v) is 2.69. The quantitative estimate of drug-likeness (QED) is 0.745. The van der Waals surface area contributed by atoms with Gasteiger partial charge in [0.1, 0.15) is 11.4 Å². The van der Waals surface area contributed by atoms with Gasteiger partial charge in [0, 0.05) is 18.3 Å². The van der Waals surface area contributed by atoms with E-state index in [1.54, 1.807) is 36.4 Å².